The van der Waals surface area contributed by atoms with Crippen LogP contribution < -0.4 is 10.6 Å². The predicted molar refractivity (Wildman–Crippen MR) is 93.6 cm³/mol. The first-order valence-electron chi connectivity index (χ1n) is 8.67. The van der Waals surface area contributed by atoms with E-state index in [4.69, 9.17) is 4.74 Å². The fraction of sp³-hybridized carbons (Fsp3) is 0.529. The largest absolute Gasteiger partial charge is 0.370 e. The minimum Gasteiger partial charge on any atom is -0.370 e. The summed E-state index contributed by atoms with van der Waals surface area (Å²) in [4.78, 5) is 24.5. The molecular weight excluding hydrogens is 336 g/mol. The molecule has 3 N–H and O–H groups in total. The van der Waals surface area contributed by atoms with Gasteiger partial charge in [-0.2, -0.15) is 10.2 Å². The van der Waals surface area contributed by atoms with E-state index in [1.807, 2.05) is 13.8 Å². The molecule has 0 aliphatic carbocycles. The number of rotatable bonds is 6. The number of aryl methyl sites for hydroxylation is 1. The highest BCUT2D eigenvalue weighted by Gasteiger charge is 2.29. The number of fused-ring (bicyclic) bond motifs is 1. The van der Waals surface area contributed by atoms with E-state index in [1.54, 1.807) is 17.8 Å². The highest BCUT2D eigenvalue weighted by molar-refractivity contribution is 5.94. The topological polar surface area (TPSA) is 114 Å². The average Bonchev–Trinajstić information content (AvgIpc) is 3.24. The van der Waals surface area contributed by atoms with Crippen molar-refractivity contribution >= 4 is 11.8 Å². The van der Waals surface area contributed by atoms with Crippen LogP contribution in [0.5, 0.6) is 0 Å². The van der Waals surface area contributed by atoms with Crippen LogP contribution in [0.15, 0.2) is 12.3 Å². The monoisotopic (exact) mass is 360 g/mol. The minimum absolute atomic E-state index is 0.128. The summed E-state index contributed by atoms with van der Waals surface area (Å²) in [7, 11) is 1.76. The molecule has 0 bridgehead atoms. The van der Waals surface area contributed by atoms with Gasteiger partial charge in [0.2, 0.25) is 0 Å². The van der Waals surface area contributed by atoms with E-state index >= 15 is 0 Å². The van der Waals surface area contributed by atoms with Gasteiger partial charge in [-0.05, 0) is 12.0 Å². The van der Waals surface area contributed by atoms with Crippen LogP contribution in [0.4, 0.5) is 0 Å². The zero-order valence-electron chi connectivity index (χ0n) is 15.2. The lowest BCUT2D eigenvalue weighted by atomic mass is 10.0. The van der Waals surface area contributed by atoms with Gasteiger partial charge in [-0.3, -0.25) is 19.4 Å². The summed E-state index contributed by atoms with van der Waals surface area (Å²) in [5, 5.41) is 16.5. The van der Waals surface area contributed by atoms with Gasteiger partial charge in [-0.1, -0.05) is 13.8 Å². The third-order valence-electron chi connectivity index (χ3n) is 4.24. The molecule has 3 heterocycles. The Morgan fingerprint density at radius 2 is 2.19 bits per heavy atom. The number of hydrogen-bond donors (Lipinski definition) is 3. The number of ether oxygens (including phenoxy) is 1. The molecule has 9 nitrogen and oxygen atoms in total. The number of carbonyl (C=O) groups excluding carboxylic acids is 2. The van der Waals surface area contributed by atoms with Crippen LogP contribution in [0.1, 0.15) is 46.1 Å². The van der Waals surface area contributed by atoms with Gasteiger partial charge >= 0.3 is 0 Å². The number of nitrogens with zero attached hydrogens (tertiary/aromatic N) is 3. The molecule has 0 radical (unpaired) electrons. The highest BCUT2D eigenvalue weighted by atomic mass is 16.5. The number of carbonyl (C=O) groups is 2. The molecule has 0 saturated heterocycles. The van der Waals surface area contributed by atoms with Crippen LogP contribution in [-0.2, 0) is 24.8 Å². The van der Waals surface area contributed by atoms with Crippen molar-refractivity contribution in [3.05, 3.63) is 34.9 Å². The number of amides is 2. The van der Waals surface area contributed by atoms with Crippen molar-refractivity contribution in [2.24, 2.45) is 13.0 Å². The summed E-state index contributed by atoms with van der Waals surface area (Å²) in [6, 6.07) is 1.60. The summed E-state index contributed by atoms with van der Waals surface area (Å²) < 4.78 is 7.38. The summed E-state index contributed by atoms with van der Waals surface area (Å²) >= 11 is 0. The van der Waals surface area contributed by atoms with Crippen LogP contribution in [0.25, 0.3) is 0 Å². The van der Waals surface area contributed by atoms with Gasteiger partial charge < -0.3 is 15.4 Å². The Kier molecular flexibility index (Phi) is 5.36. The SMILES string of the molecule is CC(C)CNC(=O)c1c2c(nn1C)COC(CNC(=O)c1ccn[nH]1)C2. The van der Waals surface area contributed by atoms with Crippen LogP contribution in [0.3, 0.4) is 0 Å². The molecule has 26 heavy (non-hydrogen) atoms. The summed E-state index contributed by atoms with van der Waals surface area (Å²) in [6.07, 6.45) is 1.84. The first-order chi connectivity index (χ1) is 12.5. The maximum Gasteiger partial charge on any atom is 0.269 e. The second kappa shape index (κ2) is 7.69. The molecule has 0 fully saturated rings. The third kappa shape index (κ3) is 3.93. The van der Waals surface area contributed by atoms with Crippen molar-refractivity contribution in [3.8, 4) is 0 Å². The van der Waals surface area contributed by atoms with Gasteiger partial charge in [-0.15, -0.1) is 0 Å². The number of nitrogens with one attached hydrogen (secondary N) is 3. The third-order valence-corrected chi connectivity index (χ3v) is 4.24. The zero-order valence-corrected chi connectivity index (χ0v) is 15.2. The van der Waals surface area contributed by atoms with Gasteiger partial charge in [0.25, 0.3) is 11.8 Å². The van der Waals surface area contributed by atoms with E-state index in [2.05, 4.69) is 25.9 Å². The summed E-state index contributed by atoms with van der Waals surface area (Å²) in [5.74, 6) is 0.00635. The maximum absolute atomic E-state index is 12.5. The van der Waals surface area contributed by atoms with Crippen molar-refractivity contribution < 1.29 is 14.3 Å². The second-order valence-corrected chi connectivity index (χ2v) is 6.82. The first kappa shape index (κ1) is 18.1. The molecule has 0 aromatic carbocycles. The quantitative estimate of drug-likeness (QED) is 0.690. The number of aromatic amines is 1. The van der Waals surface area contributed by atoms with Crippen molar-refractivity contribution in [1.82, 2.24) is 30.6 Å². The van der Waals surface area contributed by atoms with Crippen LogP contribution in [0.2, 0.25) is 0 Å². The smallest absolute Gasteiger partial charge is 0.269 e. The number of aromatic nitrogens is 4. The molecule has 140 valence electrons. The molecular formula is C17H24N6O3. The predicted octanol–water partition coefficient (Wildman–Crippen LogP) is 0.400. The molecule has 0 spiro atoms. The number of H-pyrrole nitrogens is 1. The Hall–Kier alpha value is -2.68. The average molecular weight is 360 g/mol. The molecule has 2 aromatic heterocycles. The molecule has 1 aliphatic heterocycles. The van der Waals surface area contributed by atoms with E-state index < -0.39 is 0 Å². The fourth-order valence-corrected chi connectivity index (χ4v) is 2.92. The normalized spacial score (nSPS) is 16.4. The zero-order chi connectivity index (χ0) is 18.7. The first-order valence-corrected chi connectivity index (χ1v) is 8.67. The molecule has 2 amide bonds. The van der Waals surface area contributed by atoms with Crippen molar-refractivity contribution in [2.75, 3.05) is 13.1 Å². The molecule has 9 heteroatoms. The standard InChI is InChI=1S/C17H24N6O3/c1-10(2)7-18-17(25)15-12-6-11(26-9-14(12)22-23(15)3)8-19-16(24)13-4-5-20-21-13/h4-5,10-11H,6-9H2,1-3H3,(H,18,25)(H,19,24)(H,20,21). The summed E-state index contributed by atoms with van der Waals surface area (Å²) in [6.45, 7) is 5.37. The Labute approximate surface area is 151 Å². The lowest BCUT2D eigenvalue weighted by Gasteiger charge is -2.23. The van der Waals surface area contributed by atoms with Crippen LogP contribution in [0, 0.1) is 5.92 Å². The number of hydrogen-bond acceptors (Lipinski definition) is 5. The van der Waals surface area contributed by atoms with E-state index in [-0.39, 0.29) is 17.9 Å². The van der Waals surface area contributed by atoms with E-state index in [0.29, 0.717) is 43.4 Å². The van der Waals surface area contributed by atoms with Gasteiger partial charge in [0.1, 0.15) is 11.4 Å². The van der Waals surface area contributed by atoms with Crippen molar-refractivity contribution in [1.29, 1.82) is 0 Å². The van der Waals surface area contributed by atoms with E-state index in [9.17, 15) is 9.59 Å². The highest BCUT2D eigenvalue weighted by Crippen LogP contribution is 2.23. The molecule has 0 saturated carbocycles. The molecule has 1 aliphatic rings. The molecule has 1 atom stereocenters. The van der Waals surface area contributed by atoms with Crippen molar-refractivity contribution in [3.63, 3.8) is 0 Å². The lowest BCUT2D eigenvalue weighted by Crippen LogP contribution is -2.37. The molecule has 1 unspecified atom stereocenters. The van der Waals surface area contributed by atoms with E-state index in [1.165, 1.54) is 6.20 Å². The Morgan fingerprint density at radius 1 is 1.38 bits per heavy atom. The van der Waals surface area contributed by atoms with Crippen LogP contribution in [-0.4, -0.2) is 51.0 Å². The van der Waals surface area contributed by atoms with Crippen molar-refractivity contribution in [2.45, 2.75) is 33.0 Å². The Morgan fingerprint density at radius 3 is 2.88 bits per heavy atom. The second-order valence-electron chi connectivity index (χ2n) is 6.82. The van der Waals surface area contributed by atoms with Gasteiger partial charge in [-0.25, -0.2) is 0 Å². The lowest BCUT2D eigenvalue weighted by molar-refractivity contribution is 0.0265. The summed E-state index contributed by atoms with van der Waals surface area (Å²) in [5.41, 5.74) is 2.63. The van der Waals surface area contributed by atoms with Gasteiger partial charge in [0, 0.05) is 38.3 Å². The maximum atomic E-state index is 12.5. The Bertz CT molecular complexity index is 781. The molecule has 3 rings (SSSR count). The van der Waals surface area contributed by atoms with E-state index in [0.717, 1.165) is 11.3 Å². The van der Waals surface area contributed by atoms with Gasteiger partial charge in [0.15, 0.2) is 0 Å². The fourth-order valence-electron chi connectivity index (χ4n) is 2.92. The van der Waals surface area contributed by atoms with Gasteiger partial charge in [0.05, 0.1) is 18.4 Å². The molecule has 2 aromatic rings. The minimum atomic E-state index is -0.238. The Balaban J connectivity index is 1.65. The van der Waals surface area contributed by atoms with Crippen LogP contribution >= 0.6 is 0 Å².